The molecular weight excluding hydrogens is 501 g/mol. The number of carboxylic acid groups (broad SMARTS) is 1. The van der Waals surface area contributed by atoms with Crippen LogP contribution < -0.4 is 26.0 Å². The van der Waals surface area contributed by atoms with E-state index >= 15 is 0 Å². The largest absolute Gasteiger partial charge is 0.573 e. The minimum atomic E-state index is -4.83. The van der Waals surface area contributed by atoms with Gasteiger partial charge >= 0.3 is 12.3 Å². The standard InChI is InChI=1S/C22H23F3N6O4S/c1-30(2)17(10-18(26)32)21(28-14-8-11(19(33)34)4-7-15(14)31(21)3)29-20-27-13-6-5-12(9-16(13)36-20)35-22(23,24)25/h4-9,17,28H,10H2,1-3H3,(H2,26,32)(H,27,29)(H,33,34). The number of carboxylic acids is 1. The van der Waals surface area contributed by atoms with E-state index in [4.69, 9.17) is 5.73 Å². The van der Waals surface area contributed by atoms with Crippen molar-refractivity contribution in [1.29, 1.82) is 0 Å². The van der Waals surface area contributed by atoms with E-state index in [0.29, 0.717) is 26.7 Å². The summed E-state index contributed by atoms with van der Waals surface area (Å²) in [5.41, 5.74) is 7.23. The minimum Gasteiger partial charge on any atom is -0.478 e. The second-order valence-corrected chi connectivity index (χ2v) is 9.49. The summed E-state index contributed by atoms with van der Waals surface area (Å²) in [6.45, 7) is 0. The maximum absolute atomic E-state index is 12.6. The van der Waals surface area contributed by atoms with Crippen LogP contribution in [0.25, 0.3) is 10.2 Å². The van der Waals surface area contributed by atoms with Crippen LogP contribution >= 0.6 is 11.3 Å². The van der Waals surface area contributed by atoms with Crippen molar-refractivity contribution in [3.8, 4) is 5.75 Å². The molecule has 0 spiro atoms. The predicted octanol–water partition coefficient (Wildman–Crippen LogP) is 3.33. The molecule has 2 atom stereocenters. The van der Waals surface area contributed by atoms with E-state index in [2.05, 4.69) is 20.4 Å². The molecule has 1 amide bonds. The lowest BCUT2D eigenvalue weighted by molar-refractivity contribution is -0.274. The monoisotopic (exact) mass is 524 g/mol. The molecule has 2 heterocycles. The molecule has 0 radical (unpaired) electrons. The first-order chi connectivity index (χ1) is 16.8. The molecule has 3 aromatic rings. The number of likely N-dealkylation sites (N-methyl/N-ethyl adjacent to an activating group) is 2. The van der Waals surface area contributed by atoms with E-state index in [0.717, 1.165) is 11.3 Å². The second-order valence-electron chi connectivity index (χ2n) is 8.46. The first-order valence-electron chi connectivity index (χ1n) is 10.6. The maximum Gasteiger partial charge on any atom is 0.573 e. The Bertz CT molecular complexity index is 1330. The molecule has 2 aromatic carbocycles. The number of primary amides is 1. The molecule has 1 aliphatic rings. The number of rotatable bonds is 8. The zero-order chi connectivity index (χ0) is 26.4. The molecule has 5 N–H and O–H groups in total. The summed E-state index contributed by atoms with van der Waals surface area (Å²) in [6.07, 6.45) is -4.90. The Labute approximate surface area is 207 Å². The molecule has 10 nitrogen and oxygen atoms in total. The van der Waals surface area contributed by atoms with Gasteiger partial charge in [0.15, 0.2) is 5.13 Å². The average molecular weight is 525 g/mol. The molecule has 36 heavy (non-hydrogen) atoms. The van der Waals surface area contributed by atoms with Gasteiger partial charge in [-0.3, -0.25) is 4.79 Å². The lowest BCUT2D eigenvalue weighted by Gasteiger charge is -2.46. The maximum atomic E-state index is 12.6. The van der Waals surface area contributed by atoms with Crippen molar-refractivity contribution in [1.82, 2.24) is 9.88 Å². The van der Waals surface area contributed by atoms with Gasteiger partial charge in [0.05, 0.1) is 33.2 Å². The van der Waals surface area contributed by atoms with Gasteiger partial charge in [0.25, 0.3) is 0 Å². The van der Waals surface area contributed by atoms with Crippen LogP contribution in [0, 0.1) is 0 Å². The number of nitrogens with one attached hydrogen (secondary N) is 2. The Kier molecular flexibility index (Phi) is 6.34. The van der Waals surface area contributed by atoms with E-state index in [1.807, 2.05) is 4.90 Å². The number of thiazole rings is 1. The van der Waals surface area contributed by atoms with Gasteiger partial charge in [0.2, 0.25) is 11.7 Å². The highest BCUT2D eigenvalue weighted by Crippen LogP contribution is 2.44. The van der Waals surface area contributed by atoms with Gasteiger partial charge in [-0.05, 0) is 44.4 Å². The summed E-state index contributed by atoms with van der Waals surface area (Å²) in [6, 6.07) is 7.83. The minimum absolute atomic E-state index is 0.0685. The number of fused-ring (bicyclic) bond motifs is 2. The van der Waals surface area contributed by atoms with E-state index in [1.165, 1.54) is 30.3 Å². The van der Waals surface area contributed by atoms with Gasteiger partial charge in [0.1, 0.15) is 5.75 Å². The fourth-order valence-corrected chi connectivity index (χ4v) is 5.21. The number of aromatic carboxylic acids is 1. The third kappa shape index (κ3) is 4.81. The van der Waals surface area contributed by atoms with Gasteiger partial charge in [-0.25, -0.2) is 9.78 Å². The molecule has 0 bridgehead atoms. The number of nitrogens with two attached hydrogens (primary N) is 1. The number of ether oxygens (including phenoxy) is 1. The number of carbonyl (C=O) groups excluding carboxylic acids is 1. The highest BCUT2D eigenvalue weighted by atomic mass is 32.1. The van der Waals surface area contributed by atoms with E-state index < -0.39 is 30.1 Å². The first-order valence-corrected chi connectivity index (χ1v) is 11.4. The Balaban J connectivity index is 1.77. The SMILES string of the molecule is CN(C)C(CC(N)=O)C1(Nc2nc3ccc(OC(F)(F)F)cc3s2)Nc2cc(C(=O)O)ccc2N1C. The van der Waals surface area contributed by atoms with E-state index in [9.17, 15) is 27.9 Å². The fourth-order valence-electron chi connectivity index (χ4n) is 4.26. The predicted molar refractivity (Wildman–Crippen MR) is 129 cm³/mol. The molecule has 14 heteroatoms. The van der Waals surface area contributed by atoms with Crippen LogP contribution in [0.3, 0.4) is 0 Å². The molecule has 0 saturated carbocycles. The Hall–Kier alpha value is -3.78. The number of hydrogen-bond acceptors (Lipinski definition) is 9. The van der Waals surface area contributed by atoms with Gasteiger partial charge in [0, 0.05) is 19.5 Å². The summed E-state index contributed by atoms with van der Waals surface area (Å²) in [5, 5.41) is 16.4. The van der Waals surface area contributed by atoms with E-state index in [1.54, 1.807) is 32.1 Å². The lowest BCUT2D eigenvalue weighted by Crippen LogP contribution is -2.67. The van der Waals surface area contributed by atoms with Gasteiger partial charge in [-0.2, -0.15) is 0 Å². The quantitative estimate of drug-likeness (QED) is 0.350. The number of anilines is 3. The molecule has 192 valence electrons. The molecule has 0 saturated heterocycles. The van der Waals surface area contributed by atoms with Gasteiger partial charge in [-0.15, -0.1) is 13.2 Å². The fraction of sp³-hybridized carbons (Fsp3) is 0.318. The molecule has 1 aliphatic heterocycles. The second kappa shape index (κ2) is 9.02. The normalized spacial score (nSPS) is 18.1. The van der Waals surface area contributed by atoms with Gasteiger partial charge < -0.3 is 36.0 Å². The van der Waals surface area contributed by atoms with Crippen molar-refractivity contribution in [2.24, 2.45) is 5.73 Å². The summed E-state index contributed by atoms with van der Waals surface area (Å²) in [7, 11) is 5.28. The third-order valence-electron chi connectivity index (χ3n) is 5.85. The molecule has 0 aliphatic carbocycles. The topological polar surface area (TPSA) is 133 Å². The molecule has 0 fully saturated rings. The first kappa shape index (κ1) is 25.3. The number of nitrogens with zero attached hydrogens (tertiary/aromatic N) is 3. The highest BCUT2D eigenvalue weighted by molar-refractivity contribution is 7.22. The summed E-state index contributed by atoms with van der Waals surface area (Å²) < 4.78 is 42.4. The number of amides is 1. The Morgan fingerprint density at radius 1 is 1.31 bits per heavy atom. The van der Waals surface area contributed by atoms with Gasteiger partial charge in [-0.1, -0.05) is 11.3 Å². The highest BCUT2D eigenvalue weighted by Gasteiger charge is 2.50. The van der Waals surface area contributed by atoms with Crippen LogP contribution in [0.2, 0.25) is 0 Å². The number of hydrogen-bond donors (Lipinski definition) is 4. The molecule has 1 aromatic heterocycles. The number of halogens is 3. The van der Waals surface area contributed by atoms with Crippen LogP contribution in [-0.4, -0.2) is 66.2 Å². The summed E-state index contributed by atoms with van der Waals surface area (Å²) in [5.74, 6) is -3.26. The molecule has 2 unspecified atom stereocenters. The number of alkyl halides is 3. The van der Waals surface area contributed by atoms with Crippen LogP contribution in [0.5, 0.6) is 5.75 Å². The lowest BCUT2D eigenvalue weighted by atomic mass is 10.0. The van der Waals surface area contributed by atoms with Crippen LogP contribution in [-0.2, 0) is 4.79 Å². The van der Waals surface area contributed by atoms with Crippen LogP contribution in [0.4, 0.5) is 29.7 Å². The van der Waals surface area contributed by atoms with Crippen LogP contribution in [0.1, 0.15) is 16.8 Å². The smallest absolute Gasteiger partial charge is 0.478 e. The van der Waals surface area contributed by atoms with Crippen molar-refractivity contribution in [2.45, 2.75) is 24.6 Å². The summed E-state index contributed by atoms with van der Waals surface area (Å²) >= 11 is 1.09. The zero-order valence-corrected chi connectivity index (χ0v) is 20.2. The number of aromatic nitrogens is 1. The van der Waals surface area contributed by atoms with E-state index in [-0.39, 0.29) is 17.7 Å². The third-order valence-corrected chi connectivity index (χ3v) is 6.78. The zero-order valence-electron chi connectivity index (χ0n) is 19.4. The Morgan fingerprint density at radius 3 is 2.64 bits per heavy atom. The Morgan fingerprint density at radius 2 is 2.03 bits per heavy atom. The summed E-state index contributed by atoms with van der Waals surface area (Å²) in [4.78, 5) is 31.6. The van der Waals surface area contributed by atoms with Crippen molar-refractivity contribution >= 4 is 49.9 Å². The average Bonchev–Trinajstić information content (AvgIpc) is 3.28. The number of carbonyl (C=O) groups is 2. The molecule has 4 rings (SSSR count). The van der Waals surface area contributed by atoms with Crippen molar-refractivity contribution in [3.05, 3.63) is 42.0 Å². The van der Waals surface area contributed by atoms with Crippen LogP contribution in [0.15, 0.2) is 36.4 Å². The van der Waals surface area contributed by atoms with Crippen molar-refractivity contribution < 1.29 is 32.6 Å². The van der Waals surface area contributed by atoms with Crippen molar-refractivity contribution in [2.75, 3.05) is 36.7 Å². The number of benzene rings is 2. The van der Waals surface area contributed by atoms with Crippen molar-refractivity contribution in [3.63, 3.8) is 0 Å². The molecular formula is C22H23F3N6O4S.